The van der Waals surface area contributed by atoms with Gasteiger partial charge in [-0.3, -0.25) is 4.79 Å². The SMILES string of the molecule is CCOC1CC(NC(=O)NCCC(=O)O)C1(CC)CC. The summed E-state index contributed by atoms with van der Waals surface area (Å²) in [5.74, 6) is -0.915. The minimum Gasteiger partial charge on any atom is -0.481 e. The highest BCUT2D eigenvalue weighted by atomic mass is 16.5. The standard InChI is InChI=1S/C14H26N2O4/c1-4-14(5-2)10(9-11(14)20-6-3)16-13(19)15-8-7-12(17)18/h10-11H,4-9H2,1-3H3,(H,17,18)(H2,15,16,19). The summed E-state index contributed by atoms with van der Waals surface area (Å²) in [7, 11) is 0. The number of carboxylic acid groups (broad SMARTS) is 1. The van der Waals surface area contributed by atoms with Crippen LogP contribution in [0.2, 0.25) is 0 Å². The number of carboxylic acids is 1. The van der Waals surface area contributed by atoms with Crippen LogP contribution in [0.4, 0.5) is 4.79 Å². The van der Waals surface area contributed by atoms with E-state index in [-0.39, 0.29) is 36.6 Å². The molecule has 6 nitrogen and oxygen atoms in total. The van der Waals surface area contributed by atoms with Crippen molar-refractivity contribution in [1.82, 2.24) is 10.6 Å². The van der Waals surface area contributed by atoms with Gasteiger partial charge in [0.15, 0.2) is 0 Å². The Hall–Kier alpha value is -1.30. The summed E-state index contributed by atoms with van der Waals surface area (Å²) in [5.41, 5.74) is 0.000147. The summed E-state index contributed by atoms with van der Waals surface area (Å²) in [4.78, 5) is 22.1. The molecular formula is C14H26N2O4. The molecule has 116 valence electrons. The number of hydrogen-bond acceptors (Lipinski definition) is 3. The van der Waals surface area contributed by atoms with Gasteiger partial charge in [-0.1, -0.05) is 13.8 Å². The first kappa shape index (κ1) is 16.8. The molecule has 3 N–H and O–H groups in total. The lowest BCUT2D eigenvalue weighted by molar-refractivity contribution is -0.136. The summed E-state index contributed by atoms with van der Waals surface area (Å²) in [6.45, 7) is 7.05. The zero-order valence-electron chi connectivity index (χ0n) is 12.6. The first-order chi connectivity index (χ1) is 9.50. The summed E-state index contributed by atoms with van der Waals surface area (Å²) in [6.07, 6.45) is 2.86. The van der Waals surface area contributed by atoms with Crippen molar-refractivity contribution in [2.24, 2.45) is 5.41 Å². The van der Waals surface area contributed by atoms with E-state index in [0.717, 1.165) is 19.3 Å². The first-order valence-electron chi connectivity index (χ1n) is 7.37. The van der Waals surface area contributed by atoms with Crippen LogP contribution in [0.25, 0.3) is 0 Å². The molecule has 1 saturated carbocycles. The number of carbonyl (C=O) groups is 2. The van der Waals surface area contributed by atoms with Crippen LogP contribution in [0.1, 0.15) is 46.5 Å². The van der Waals surface area contributed by atoms with Crippen molar-refractivity contribution in [1.29, 1.82) is 0 Å². The number of carbonyl (C=O) groups excluding carboxylic acids is 1. The smallest absolute Gasteiger partial charge is 0.315 e. The third-order valence-electron chi connectivity index (χ3n) is 4.40. The Bertz CT molecular complexity index is 342. The fourth-order valence-corrected chi connectivity index (χ4v) is 3.08. The van der Waals surface area contributed by atoms with Crippen molar-refractivity contribution >= 4 is 12.0 Å². The van der Waals surface area contributed by atoms with Crippen LogP contribution in [-0.4, -0.2) is 42.4 Å². The average Bonchev–Trinajstić information content (AvgIpc) is 2.38. The van der Waals surface area contributed by atoms with Gasteiger partial charge in [0.25, 0.3) is 0 Å². The van der Waals surface area contributed by atoms with Gasteiger partial charge in [-0.25, -0.2) is 4.79 Å². The van der Waals surface area contributed by atoms with Gasteiger partial charge in [-0.15, -0.1) is 0 Å². The Balaban J connectivity index is 2.47. The summed E-state index contributed by atoms with van der Waals surface area (Å²) in [5, 5.41) is 14.1. The van der Waals surface area contributed by atoms with E-state index in [4.69, 9.17) is 9.84 Å². The molecule has 0 aromatic rings. The predicted octanol–water partition coefficient (Wildman–Crippen LogP) is 1.74. The molecule has 2 unspecified atom stereocenters. The molecule has 0 aromatic carbocycles. The van der Waals surface area contributed by atoms with Gasteiger partial charge in [0.2, 0.25) is 0 Å². The number of urea groups is 1. The topological polar surface area (TPSA) is 87.7 Å². The highest BCUT2D eigenvalue weighted by Gasteiger charge is 2.53. The van der Waals surface area contributed by atoms with E-state index in [1.54, 1.807) is 0 Å². The zero-order valence-corrected chi connectivity index (χ0v) is 12.6. The Morgan fingerprint density at radius 1 is 1.30 bits per heavy atom. The van der Waals surface area contributed by atoms with Gasteiger partial charge in [0.1, 0.15) is 0 Å². The Morgan fingerprint density at radius 2 is 1.95 bits per heavy atom. The number of ether oxygens (including phenoxy) is 1. The maximum absolute atomic E-state index is 11.8. The molecule has 0 spiro atoms. The second-order valence-corrected chi connectivity index (χ2v) is 5.22. The first-order valence-corrected chi connectivity index (χ1v) is 7.37. The fraction of sp³-hybridized carbons (Fsp3) is 0.857. The van der Waals surface area contributed by atoms with Gasteiger partial charge in [-0.05, 0) is 26.2 Å². The molecule has 0 heterocycles. The molecule has 6 heteroatoms. The second-order valence-electron chi connectivity index (χ2n) is 5.22. The minimum absolute atomic E-state index is 0.000147. The molecule has 1 fully saturated rings. The van der Waals surface area contributed by atoms with E-state index >= 15 is 0 Å². The molecule has 1 aliphatic carbocycles. The highest BCUT2D eigenvalue weighted by Crippen LogP contribution is 2.48. The molecule has 2 atom stereocenters. The molecule has 1 rings (SSSR count). The third kappa shape index (κ3) is 3.62. The highest BCUT2D eigenvalue weighted by molar-refractivity contribution is 5.75. The van der Waals surface area contributed by atoms with E-state index < -0.39 is 5.97 Å². The average molecular weight is 286 g/mol. The molecule has 0 aromatic heterocycles. The fourth-order valence-electron chi connectivity index (χ4n) is 3.08. The normalized spacial score (nSPS) is 23.8. The predicted molar refractivity (Wildman–Crippen MR) is 75.6 cm³/mol. The lowest BCUT2D eigenvalue weighted by Gasteiger charge is -2.55. The lowest BCUT2D eigenvalue weighted by Crippen LogP contribution is -2.65. The van der Waals surface area contributed by atoms with Crippen LogP contribution in [-0.2, 0) is 9.53 Å². The van der Waals surface area contributed by atoms with Crippen LogP contribution in [0.3, 0.4) is 0 Å². The zero-order chi connectivity index (χ0) is 15.2. The summed E-state index contributed by atoms with van der Waals surface area (Å²) >= 11 is 0. The number of nitrogens with one attached hydrogen (secondary N) is 2. The number of hydrogen-bond donors (Lipinski definition) is 3. The molecule has 0 aliphatic heterocycles. The van der Waals surface area contributed by atoms with Crippen LogP contribution in [0, 0.1) is 5.41 Å². The van der Waals surface area contributed by atoms with Crippen molar-refractivity contribution < 1.29 is 19.4 Å². The molecule has 1 aliphatic rings. The second kappa shape index (κ2) is 7.47. The number of amides is 2. The molecule has 0 saturated heterocycles. The largest absolute Gasteiger partial charge is 0.481 e. The molecule has 0 radical (unpaired) electrons. The molecule has 0 bridgehead atoms. The minimum atomic E-state index is -0.915. The van der Waals surface area contributed by atoms with Gasteiger partial charge >= 0.3 is 12.0 Å². The Morgan fingerprint density at radius 3 is 2.45 bits per heavy atom. The number of aliphatic carboxylic acids is 1. The van der Waals surface area contributed by atoms with E-state index in [9.17, 15) is 9.59 Å². The van der Waals surface area contributed by atoms with Gasteiger partial charge < -0.3 is 20.5 Å². The molecule has 20 heavy (non-hydrogen) atoms. The van der Waals surface area contributed by atoms with E-state index in [2.05, 4.69) is 24.5 Å². The monoisotopic (exact) mass is 286 g/mol. The Labute approximate surface area is 120 Å². The molecular weight excluding hydrogens is 260 g/mol. The van der Waals surface area contributed by atoms with Crippen molar-refractivity contribution in [2.75, 3.05) is 13.2 Å². The van der Waals surface area contributed by atoms with E-state index in [0.29, 0.717) is 6.61 Å². The van der Waals surface area contributed by atoms with Crippen molar-refractivity contribution in [2.45, 2.75) is 58.6 Å². The van der Waals surface area contributed by atoms with Crippen molar-refractivity contribution in [3.63, 3.8) is 0 Å². The van der Waals surface area contributed by atoms with Crippen LogP contribution >= 0.6 is 0 Å². The maximum Gasteiger partial charge on any atom is 0.315 e. The van der Waals surface area contributed by atoms with Crippen molar-refractivity contribution in [3.05, 3.63) is 0 Å². The van der Waals surface area contributed by atoms with E-state index in [1.807, 2.05) is 6.92 Å². The Kier molecular flexibility index (Phi) is 6.26. The molecule has 2 amide bonds. The number of rotatable bonds is 8. The van der Waals surface area contributed by atoms with Crippen molar-refractivity contribution in [3.8, 4) is 0 Å². The third-order valence-corrected chi connectivity index (χ3v) is 4.40. The summed E-state index contributed by atoms with van der Waals surface area (Å²) in [6, 6.07) is -0.198. The van der Waals surface area contributed by atoms with Crippen LogP contribution in [0.5, 0.6) is 0 Å². The maximum atomic E-state index is 11.8. The lowest BCUT2D eigenvalue weighted by atomic mass is 9.58. The van der Waals surface area contributed by atoms with Gasteiger partial charge in [0, 0.05) is 24.6 Å². The summed E-state index contributed by atoms with van der Waals surface area (Å²) < 4.78 is 5.75. The quantitative estimate of drug-likeness (QED) is 0.634. The van der Waals surface area contributed by atoms with Gasteiger partial charge in [0.05, 0.1) is 12.5 Å². The van der Waals surface area contributed by atoms with E-state index in [1.165, 1.54) is 0 Å². The van der Waals surface area contributed by atoms with Crippen LogP contribution in [0.15, 0.2) is 0 Å². The van der Waals surface area contributed by atoms with Crippen LogP contribution < -0.4 is 10.6 Å². The van der Waals surface area contributed by atoms with Gasteiger partial charge in [-0.2, -0.15) is 0 Å².